The van der Waals surface area contributed by atoms with Gasteiger partial charge >= 0.3 is 5.97 Å². The van der Waals surface area contributed by atoms with Crippen molar-refractivity contribution in [3.8, 4) is 28.4 Å². The Bertz CT molecular complexity index is 1420. The Morgan fingerprint density at radius 3 is 2.47 bits per heavy atom. The van der Waals surface area contributed by atoms with Crippen molar-refractivity contribution in [2.45, 2.75) is 71.8 Å². The Labute approximate surface area is 255 Å². The molecular weight excluding hydrogens is 542 g/mol. The molecule has 7 heteroatoms. The highest BCUT2D eigenvalue weighted by Crippen LogP contribution is 2.47. The highest BCUT2D eigenvalue weighted by molar-refractivity contribution is 5.86. The minimum atomic E-state index is -0.813. The molecular formula is C36H45NO6. The van der Waals surface area contributed by atoms with Crippen LogP contribution < -0.4 is 19.5 Å². The Kier molecular flexibility index (Phi) is 9.81. The van der Waals surface area contributed by atoms with Crippen molar-refractivity contribution in [2.75, 3.05) is 38.8 Å². The molecule has 1 heterocycles. The van der Waals surface area contributed by atoms with Crippen molar-refractivity contribution in [2.24, 2.45) is 5.92 Å². The van der Waals surface area contributed by atoms with Crippen LogP contribution in [-0.4, -0.2) is 44.6 Å². The minimum absolute atomic E-state index is 0.0679. The number of aliphatic carboxylic acids is 1. The number of carboxylic acids is 1. The van der Waals surface area contributed by atoms with E-state index in [9.17, 15) is 9.90 Å². The van der Waals surface area contributed by atoms with E-state index < -0.39 is 5.97 Å². The van der Waals surface area contributed by atoms with E-state index in [1.54, 1.807) is 0 Å². The van der Waals surface area contributed by atoms with Gasteiger partial charge in [-0.25, -0.2) is 0 Å². The number of hydrogen-bond donors (Lipinski definition) is 2. The zero-order valence-corrected chi connectivity index (χ0v) is 26.1. The number of hydrogen-bond acceptors (Lipinski definition) is 6. The van der Waals surface area contributed by atoms with Crippen LogP contribution in [0.1, 0.15) is 79.4 Å². The molecule has 230 valence electrons. The van der Waals surface area contributed by atoms with E-state index in [1.165, 1.54) is 33.4 Å². The number of unbranched alkanes of at least 4 members (excludes halogenated alkanes) is 1. The number of rotatable bonds is 14. The van der Waals surface area contributed by atoms with Crippen LogP contribution in [0, 0.1) is 19.8 Å². The summed E-state index contributed by atoms with van der Waals surface area (Å²) in [5.74, 6) is 2.01. The van der Waals surface area contributed by atoms with E-state index in [2.05, 4.69) is 57.3 Å². The lowest BCUT2D eigenvalue weighted by molar-refractivity contribution is -0.137. The lowest BCUT2D eigenvalue weighted by Gasteiger charge is -2.21. The predicted molar refractivity (Wildman–Crippen MR) is 170 cm³/mol. The third-order valence-corrected chi connectivity index (χ3v) is 8.35. The van der Waals surface area contributed by atoms with Crippen LogP contribution in [0.15, 0.2) is 42.5 Å². The molecule has 0 amide bonds. The van der Waals surface area contributed by atoms with Gasteiger partial charge in [0.2, 0.25) is 0 Å². The zero-order valence-electron chi connectivity index (χ0n) is 26.1. The molecule has 7 nitrogen and oxygen atoms in total. The molecule has 0 spiro atoms. The van der Waals surface area contributed by atoms with Crippen LogP contribution >= 0.6 is 0 Å². The molecule has 3 aromatic carbocycles. The first-order chi connectivity index (χ1) is 20.7. The summed E-state index contributed by atoms with van der Waals surface area (Å²) in [4.78, 5) is 11.2. The molecule has 2 unspecified atom stereocenters. The quantitative estimate of drug-likeness (QED) is 0.186. The largest absolute Gasteiger partial charge is 0.494 e. The summed E-state index contributed by atoms with van der Waals surface area (Å²) in [6, 6.07) is 14.4. The van der Waals surface area contributed by atoms with Gasteiger partial charge in [0, 0.05) is 49.1 Å². The Morgan fingerprint density at radius 1 is 1.00 bits per heavy atom. The second-order valence-corrected chi connectivity index (χ2v) is 12.2. The summed E-state index contributed by atoms with van der Waals surface area (Å²) in [7, 11) is 1.98. The lowest BCUT2D eigenvalue weighted by Crippen LogP contribution is -2.07. The van der Waals surface area contributed by atoms with E-state index in [4.69, 9.17) is 18.9 Å². The maximum Gasteiger partial charge on any atom is 0.304 e. The van der Waals surface area contributed by atoms with E-state index in [1.807, 2.05) is 25.2 Å². The Morgan fingerprint density at radius 2 is 1.74 bits per heavy atom. The van der Waals surface area contributed by atoms with Crippen LogP contribution in [0.2, 0.25) is 0 Å². The smallest absolute Gasteiger partial charge is 0.304 e. The second kappa shape index (κ2) is 13.7. The number of ether oxygens (including phenoxy) is 4. The molecule has 0 saturated heterocycles. The zero-order chi connectivity index (χ0) is 30.5. The molecule has 5 rings (SSSR count). The standard InChI is InChI=1S/C36H45NO6/c1-22(2)20-40-14-6-7-15-41-27-16-23(3)35(24(4)17-27)36-30-11-13-32(29(30)10-12-31(36)37-5)43-26-8-9-28-25(18-34(38)39)21-42-33(28)19-26/h8-10,12,16-17,19,22,25,32,37H,6-7,11,13-15,18,20-21H2,1-5H3,(H,38,39). The minimum Gasteiger partial charge on any atom is -0.494 e. The van der Waals surface area contributed by atoms with Crippen LogP contribution in [0.5, 0.6) is 17.2 Å². The van der Waals surface area contributed by atoms with Gasteiger partial charge in [0.05, 0.1) is 19.6 Å². The van der Waals surface area contributed by atoms with Crippen molar-refractivity contribution >= 4 is 11.7 Å². The molecule has 0 fully saturated rings. The predicted octanol–water partition coefficient (Wildman–Crippen LogP) is 7.86. The maximum atomic E-state index is 11.2. The summed E-state index contributed by atoms with van der Waals surface area (Å²) in [5, 5.41) is 12.6. The van der Waals surface area contributed by atoms with E-state index >= 15 is 0 Å². The molecule has 43 heavy (non-hydrogen) atoms. The normalized spacial score (nSPS) is 17.0. The first-order valence-electron chi connectivity index (χ1n) is 15.6. The first kappa shape index (κ1) is 30.7. The molecule has 2 atom stereocenters. The number of carboxylic acid groups (broad SMARTS) is 1. The number of fused-ring (bicyclic) bond motifs is 2. The number of anilines is 1. The monoisotopic (exact) mass is 587 g/mol. The highest BCUT2D eigenvalue weighted by atomic mass is 16.5. The summed E-state index contributed by atoms with van der Waals surface area (Å²) in [6.45, 7) is 11.3. The fourth-order valence-corrected chi connectivity index (χ4v) is 6.37. The molecule has 1 aliphatic carbocycles. The van der Waals surface area contributed by atoms with Gasteiger partial charge in [-0.1, -0.05) is 26.0 Å². The van der Waals surface area contributed by atoms with Crippen LogP contribution in [0.4, 0.5) is 5.69 Å². The van der Waals surface area contributed by atoms with E-state index in [0.717, 1.165) is 67.4 Å². The van der Waals surface area contributed by atoms with E-state index in [-0.39, 0.29) is 18.4 Å². The third-order valence-electron chi connectivity index (χ3n) is 8.35. The van der Waals surface area contributed by atoms with Gasteiger partial charge in [0.15, 0.2) is 0 Å². The molecule has 2 N–H and O–H groups in total. The molecule has 0 radical (unpaired) electrons. The molecule has 2 aliphatic rings. The van der Waals surface area contributed by atoms with Gasteiger partial charge in [0.25, 0.3) is 0 Å². The number of nitrogens with one attached hydrogen (secondary N) is 1. The van der Waals surface area contributed by atoms with Crippen molar-refractivity contribution in [1.82, 2.24) is 0 Å². The van der Waals surface area contributed by atoms with E-state index in [0.29, 0.717) is 19.1 Å². The summed E-state index contributed by atoms with van der Waals surface area (Å²) in [5.41, 5.74) is 9.44. The van der Waals surface area contributed by atoms with Gasteiger partial charge in [-0.2, -0.15) is 0 Å². The van der Waals surface area contributed by atoms with Crippen molar-refractivity contribution in [1.29, 1.82) is 0 Å². The second-order valence-electron chi connectivity index (χ2n) is 12.2. The Hall–Kier alpha value is -3.71. The summed E-state index contributed by atoms with van der Waals surface area (Å²) in [6.07, 6.45) is 3.77. The summed E-state index contributed by atoms with van der Waals surface area (Å²) < 4.78 is 24.2. The molecule has 1 aliphatic heterocycles. The molecule has 0 bridgehead atoms. The first-order valence-corrected chi connectivity index (χ1v) is 15.6. The van der Waals surface area contributed by atoms with Gasteiger partial charge < -0.3 is 29.4 Å². The average Bonchev–Trinajstić information content (AvgIpc) is 3.55. The fourth-order valence-electron chi connectivity index (χ4n) is 6.37. The summed E-state index contributed by atoms with van der Waals surface area (Å²) >= 11 is 0. The molecule has 0 aromatic heterocycles. The van der Waals surface area contributed by atoms with Crippen LogP contribution in [-0.2, 0) is 16.0 Å². The van der Waals surface area contributed by atoms with Gasteiger partial charge in [-0.05, 0) is 97.5 Å². The Balaban J connectivity index is 1.31. The van der Waals surface area contributed by atoms with Crippen molar-refractivity contribution < 1.29 is 28.8 Å². The number of benzene rings is 3. The van der Waals surface area contributed by atoms with Gasteiger partial charge in [0.1, 0.15) is 23.4 Å². The maximum absolute atomic E-state index is 11.2. The average molecular weight is 588 g/mol. The highest BCUT2D eigenvalue weighted by Gasteiger charge is 2.31. The fraction of sp³-hybridized carbons (Fsp3) is 0.472. The van der Waals surface area contributed by atoms with Crippen LogP contribution in [0.3, 0.4) is 0 Å². The molecule has 3 aromatic rings. The number of carbonyl (C=O) groups is 1. The van der Waals surface area contributed by atoms with Crippen LogP contribution in [0.25, 0.3) is 11.1 Å². The van der Waals surface area contributed by atoms with Gasteiger partial charge in [-0.3, -0.25) is 4.79 Å². The third kappa shape index (κ3) is 7.10. The molecule has 0 saturated carbocycles. The van der Waals surface area contributed by atoms with Crippen molar-refractivity contribution in [3.63, 3.8) is 0 Å². The number of aryl methyl sites for hydroxylation is 2. The van der Waals surface area contributed by atoms with Gasteiger partial charge in [-0.15, -0.1) is 0 Å². The topological polar surface area (TPSA) is 86.3 Å². The SMILES string of the molecule is CNc1ccc2c(c1-c1c(C)cc(OCCCCOCC(C)C)cc1C)CCC2Oc1ccc2c(c1)OCC2CC(=O)O. The van der Waals surface area contributed by atoms with Crippen molar-refractivity contribution in [3.05, 3.63) is 70.3 Å². The lowest BCUT2D eigenvalue weighted by atomic mass is 9.89.